The first kappa shape index (κ1) is 13.0. The average Bonchev–Trinajstić information content (AvgIpc) is 2.91. The highest BCUT2D eigenvalue weighted by Crippen LogP contribution is 2.37. The average molecular weight is 390 g/mol. The lowest BCUT2D eigenvalue weighted by molar-refractivity contribution is 0.527. The van der Waals surface area contributed by atoms with E-state index in [2.05, 4.69) is 56.6 Å². The number of H-pyrrole nitrogens is 1. The van der Waals surface area contributed by atoms with Crippen LogP contribution in [0.1, 0.15) is 25.3 Å². The predicted octanol–water partition coefficient (Wildman–Crippen LogP) is 4.76. The summed E-state index contributed by atoms with van der Waals surface area (Å²) in [6, 6.07) is 7.09. The van der Waals surface area contributed by atoms with Crippen molar-refractivity contribution in [1.29, 1.82) is 0 Å². The van der Waals surface area contributed by atoms with Crippen LogP contribution in [-0.2, 0) is 0 Å². The van der Waals surface area contributed by atoms with Crippen LogP contribution in [0.2, 0.25) is 0 Å². The number of imidazole rings is 1. The smallest absolute Gasteiger partial charge is 0.178 e. The van der Waals surface area contributed by atoms with E-state index >= 15 is 0 Å². The molecule has 1 aromatic heterocycles. The lowest BCUT2D eigenvalue weighted by Gasteiger charge is -2.13. The van der Waals surface area contributed by atoms with Gasteiger partial charge in [-0.05, 0) is 78.5 Å². The molecule has 2 nitrogen and oxygen atoms in total. The molecule has 3 rings (SSSR count). The molecule has 1 aliphatic carbocycles. The number of halogens is 1. The maximum Gasteiger partial charge on any atom is 0.178 e. The Hall–Kier alpha value is -0.0100. The quantitative estimate of drug-likeness (QED) is 0.590. The van der Waals surface area contributed by atoms with Crippen LogP contribution in [-0.4, -0.2) is 21.1 Å². The van der Waals surface area contributed by atoms with Crippen molar-refractivity contribution in [3.05, 3.63) is 26.5 Å². The minimum atomic E-state index is 0.573. The van der Waals surface area contributed by atoms with Gasteiger partial charge in [-0.15, -0.1) is 0 Å². The van der Waals surface area contributed by atoms with Gasteiger partial charge in [0.25, 0.3) is 0 Å². The molecule has 0 saturated heterocycles. The molecule has 2 aromatic rings. The first-order valence-corrected chi connectivity index (χ1v) is 8.89. The van der Waals surface area contributed by atoms with Gasteiger partial charge in [0.15, 0.2) is 4.77 Å². The fourth-order valence-corrected chi connectivity index (χ4v) is 4.47. The Labute approximate surface area is 130 Å². The van der Waals surface area contributed by atoms with E-state index < -0.39 is 0 Å². The van der Waals surface area contributed by atoms with Gasteiger partial charge in [-0.1, -0.05) is 0 Å². The van der Waals surface area contributed by atoms with Gasteiger partial charge >= 0.3 is 0 Å². The summed E-state index contributed by atoms with van der Waals surface area (Å²) >= 11 is 9.83. The largest absolute Gasteiger partial charge is 0.331 e. The zero-order valence-electron chi connectivity index (χ0n) is 10.1. The summed E-state index contributed by atoms with van der Waals surface area (Å²) in [6.45, 7) is 0. The number of rotatable bonds is 2. The zero-order chi connectivity index (χ0) is 12.7. The highest BCUT2D eigenvalue weighted by atomic mass is 127. The number of aromatic nitrogens is 2. The van der Waals surface area contributed by atoms with Crippen molar-refractivity contribution < 1.29 is 0 Å². The van der Waals surface area contributed by atoms with Crippen LogP contribution in [0, 0.1) is 8.34 Å². The second kappa shape index (κ2) is 5.17. The van der Waals surface area contributed by atoms with E-state index in [0.29, 0.717) is 6.04 Å². The van der Waals surface area contributed by atoms with Crippen LogP contribution in [0.4, 0.5) is 0 Å². The van der Waals surface area contributed by atoms with Gasteiger partial charge in [0.2, 0.25) is 0 Å². The number of thioether (sulfide) groups is 1. The minimum absolute atomic E-state index is 0.573. The molecule has 1 heterocycles. The van der Waals surface area contributed by atoms with Crippen molar-refractivity contribution in [2.45, 2.75) is 30.6 Å². The summed E-state index contributed by atoms with van der Waals surface area (Å²) in [4.78, 5) is 3.34. The molecule has 5 heteroatoms. The molecule has 1 saturated carbocycles. The number of hydrogen-bond donors (Lipinski definition) is 1. The number of aromatic amines is 1. The van der Waals surface area contributed by atoms with E-state index in [9.17, 15) is 0 Å². The molecule has 1 N–H and O–H groups in total. The second-order valence-corrected chi connectivity index (χ2v) is 7.56. The van der Waals surface area contributed by atoms with Crippen molar-refractivity contribution in [3.63, 3.8) is 0 Å². The van der Waals surface area contributed by atoms with Crippen molar-refractivity contribution in [2.75, 3.05) is 6.26 Å². The monoisotopic (exact) mass is 390 g/mol. The first-order valence-electron chi connectivity index (χ1n) is 6.11. The third-order valence-electron chi connectivity index (χ3n) is 3.73. The van der Waals surface area contributed by atoms with E-state index in [0.717, 1.165) is 10.0 Å². The third kappa shape index (κ3) is 2.25. The molecule has 0 spiro atoms. The van der Waals surface area contributed by atoms with Gasteiger partial charge in [-0.3, -0.25) is 0 Å². The summed E-state index contributed by atoms with van der Waals surface area (Å²) in [7, 11) is 0. The van der Waals surface area contributed by atoms with Gasteiger partial charge in [0.1, 0.15) is 0 Å². The summed E-state index contributed by atoms with van der Waals surface area (Å²) < 4.78 is 4.45. The predicted molar refractivity (Wildman–Crippen MR) is 90.0 cm³/mol. The van der Waals surface area contributed by atoms with Gasteiger partial charge < -0.3 is 9.55 Å². The molecule has 0 amide bonds. The Kier molecular flexibility index (Phi) is 3.73. The number of fused-ring (bicyclic) bond motifs is 1. The fourth-order valence-electron chi connectivity index (χ4n) is 2.83. The molecule has 0 aliphatic heterocycles. The Morgan fingerprint density at radius 3 is 3.00 bits per heavy atom. The molecule has 0 bridgehead atoms. The highest BCUT2D eigenvalue weighted by Gasteiger charge is 2.26. The number of benzene rings is 1. The minimum Gasteiger partial charge on any atom is -0.331 e. The van der Waals surface area contributed by atoms with Crippen LogP contribution < -0.4 is 0 Å². The lowest BCUT2D eigenvalue weighted by atomic mass is 10.2. The molecule has 96 valence electrons. The first-order chi connectivity index (χ1) is 8.69. The standard InChI is InChI=1S/C13H15IN2S2/c1-18-10-4-3-9(7-10)16-12-5-2-8(14)6-11(12)15-13(16)17/h2,5-6,9-10H,3-4,7H2,1H3,(H,15,17). The Morgan fingerprint density at radius 2 is 2.28 bits per heavy atom. The third-order valence-corrected chi connectivity index (χ3v) is 5.80. The van der Waals surface area contributed by atoms with Crippen molar-refractivity contribution in [1.82, 2.24) is 9.55 Å². The van der Waals surface area contributed by atoms with Crippen LogP contribution in [0.3, 0.4) is 0 Å². The fraction of sp³-hybridized carbons (Fsp3) is 0.462. The van der Waals surface area contributed by atoms with Crippen LogP contribution in [0.15, 0.2) is 18.2 Å². The SMILES string of the molecule is CSC1CCC(n2c(=S)[nH]c3cc(I)ccc32)C1. The molecule has 0 radical (unpaired) electrons. The molecule has 1 fully saturated rings. The molecule has 18 heavy (non-hydrogen) atoms. The van der Waals surface area contributed by atoms with Gasteiger partial charge in [-0.25, -0.2) is 0 Å². The van der Waals surface area contributed by atoms with Crippen molar-refractivity contribution in [3.8, 4) is 0 Å². The van der Waals surface area contributed by atoms with Crippen molar-refractivity contribution >= 4 is 57.6 Å². The van der Waals surface area contributed by atoms with Crippen molar-refractivity contribution in [2.24, 2.45) is 0 Å². The highest BCUT2D eigenvalue weighted by molar-refractivity contribution is 14.1. The Morgan fingerprint density at radius 1 is 1.44 bits per heavy atom. The molecule has 1 aliphatic rings. The maximum atomic E-state index is 5.51. The van der Waals surface area contributed by atoms with Crippen LogP contribution >= 0.6 is 46.6 Å². The van der Waals surface area contributed by atoms with Gasteiger partial charge in [0, 0.05) is 14.9 Å². The molecular weight excluding hydrogens is 375 g/mol. The van der Waals surface area contributed by atoms with E-state index in [-0.39, 0.29) is 0 Å². The topological polar surface area (TPSA) is 20.7 Å². The van der Waals surface area contributed by atoms with Gasteiger partial charge in [0.05, 0.1) is 11.0 Å². The summed E-state index contributed by atoms with van der Waals surface area (Å²) in [5, 5.41) is 0.797. The summed E-state index contributed by atoms with van der Waals surface area (Å²) in [5.74, 6) is 0. The van der Waals surface area contributed by atoms with Gasteiger partial charge in [-0.2, -0.15) is 11.8 Å². The van der Waals surface area contributed by atoms with Crippen LogP contribution in [0.5, 0.6) is 0 Å². The van der Waals surface area contributed by atoms with E-state index in [1.54, 1.807) is 0 Å². The number of nitrogens with one attached hydrogen (secondary N) is 1. The Balaban J connectivity index is 2.07. The second-order valence-electron chi connectivity index (χ2n) is 4.79. The number of hydrogen-bond acceptors (Lipinski definition) is 2. The normalized spacial score (nSPS) is 23.9. The molecule has 2 unspecified atom stereocenters. The zero-order valence-corrected chi connectivity index (χ0v) is 13.9. The van der Waals surface area contributed by atoms with Crippen LogP contribution in [0.25, 0.3) is 11.0 Å². The molecular formula is C13H15IN2S2. The molecule has 2 atom stereocenters. The van der Waals surface area contributed by atoms with E-state index in [1.165, 1.54) is 33.9 Å². The molecule has 1 aromatic carbocycles. The van der Waals surface area contributed by atoms with E-state index in [4.69, 9.17) is 12.2 Å². The Bertz CT molecular complexity index is 631. The number of nitrogens with zero attached hydrogens (tertiary/aromatic N) is 1. The summed E-state index contributed by atoms with van der Waals surface area (Å²) in [5.41, 5.74) is 2.42. The summed E-state index contributed by atoms with van der Waals surface area (Å²) in [6.07, 6.45) is 6.02. The maximum absolute atomic E-state index is 5.51. The van der Waals surface area contributed by atoms with E-state index in [1.807, 2.05) is 11.8 Å². The lowest BCUT2D eigenvalue weighted by Crippen LogP contribution is -2.06.